The van der Waals surface area contributed by atoms with Crippen LogP contribution in [0.1, 0.15) is 32.8 Å². The number of rotatable bonds is 1. The van der Waals surface area contributed by atoms with E-state index in [-0.39, 0.29) is 11.3 Å². The summed E-state index contributed by atoms with van der Waals surface area (Å²) in [5, 5.41) is 6.01. The number of hydrogen-bond donors (Lipinski definition) is 0. The molecule has 0 atom stereocenters. The van der Waals surface area contributed by atoms with Crippen molar-refractivity contribution in [2.24, 2.45) is 10.5 Å². The maximum atomic E-state index is 12.0. The molecule has 1 amide bonds. The molecule has 1 aromatic rings. The number of hydrazone groups is 1. The number of amides is 1. The molecule has 3 nitrogen and oxygen atoms in total. The molecule has 0 saturated carbocycles. The highest BCUT2D eigenvalue weighted by Crippen LogP contribution is 2.29. The molecule has 0 aliphatic carbocycles. The van der Waals surface area contributed by atoms with Crippen LogP contribution < -0.4 is 5.01 Å². The lowest BCUT2D eigenvalue weighted by molar-refractivity contribution is -0.116. The van der Waals surface area contributed by atoms with E-state index in [1.807, 2.05) is 31.2 Å². The van der Waals surface area contributed by atoms with Gasteiger partial charge in [0.05, 0.1) is 17.8 Å². The van der Waals surface area contributed by atoms with Gasteiger partial charge in [-0.2, -0.15) is 5.10 Å². The molecule has 0 spiro atoms. The van der Waals surface area contributed by atoms with Crippen molar-refractivity contribution in [1.29, 1.82) is 0 Å². The van der Waals surface area contributed by atoms with Crippen molar-refractivity contribution in [1.82, 2.24) is 0 Å². The van der Waals surface area contributed by atoms with Crippen molar-refractivity contribution in [2.45, 2.75) is 34.1 Å². The first-order chi connectivity index (χ1) is 7.89. The number of nitrogens with zero attached hydrogens (tertiary/aromatic N) is 2. The van der Waals surface area contributed by atoms with E-state index < -0.39 is 0 Å². The number of hydrogen-bond acceptors (Lipinski definition) is 2. The van der Waals surface area contributed by atoms with Crippen LogP contribution in [-0.4, -0.2) is 11.6 Å². The molecule has 1 aliphatic rings. The number of carbonyl (C=O) groups is 1. The minimum atomic E-state index is -0.0485. The highest BCUT2D eigenvalue weighted by Gasteiger charge is 2.32. The van der Waals surface area contributed by atoms with Crippen LogP contribution in [0, 0.1) is 12.3 Å². The molecule has 90 valence electrons. The van der Waals surface area contributed by atoms with Crippen LogP contribution in [0.3, 0.4) is 0 Å². The molecular weight excluding hydrogens is 212 g/mol. The second-order valence-electron chi connectivity index (χ2n) is 5.47. The Labute approximate surface area is 102 Å². The molecule has 0 radical (unpaired) electrons. The summed E-state index contributed by atoms with van der Waals surface area (Å²) < 4.78 is 0. The van der Waals surface area contributed by atoms with E-state index in [2.05, 4.69) is 25.9 Å². The van der Waals surface area contributed by atoms with Crippen molar-refractivity contribution >= 4 is 17.3 Å². The molecule has 0 saturated heterocycles. The second kappa shape index (κ2) is 3.99. The Morgan fingerprint density at radius 3 is 2.41 bits per heavy atom. The number of carbonyl (C=O) groups excluding carboxylic acids is 1. The van der Waals surface area contributed by atoms with Gasteiger partial charge in [0, 0.05) is 5.41 Å². The summed E-state index contributed by atoms with van der Waals surface area (Å²) in [4.78, 5) is 12.0. The Kier molecular flexibility index (Phi) is 2.77. The Balaban J connectivity index is 2.38. The van der Waals surface area contributed by atoms with E-state index in [0.717, 1.165) is 17.0 Å². The van der Waals surface area contributed by atoms with Crippen LogP contribution in [0.4, 0.5) is 5.69 Å². The largest absolute Gasteiger partial charge is 0.272 e. The van der Waals surface area contributed by atoms with Crippen LogP contribution >= 0.6 is 0 Å². The van der Waals surface area contributed by atoms with Crippen molar-refractivity contribution in [3.8, 4) is 0 Å². The van der Waals surface area contributed by atoms with Gasteiger partial charge < -0.3 is 0 Å². The van der Waals surface area contributed by atoms with Gasteiger partial charge in [-0.15, -0.1) is 0 Å². The third kappa shape index (κ3) is 2.23. The molecule has 0 bridgehead atoms. The first-order valence-corrected chi connectivity index (χ1v) is 5.86. The fourth-order valence-electron chi connectivity index (χ4n) is 1.83. The van der Waals surface area contributed by atoms with Gasteiger partial charge in [-0.1, -0.05) is 39.0 Å². The maximum absolute atomic E-state index is 12.0. The predicted octanol–water partition coefficient (Wildman–Crippen LogP) is 3.13. The van der Waals surface area contributed by atoms with Gasteiger partial charge in [-0.25, -0.2) is 5.01 Å². The molecule has 1 aromatic carbocycles. The van der Waals surface area contributed by atoms with E-state index >= 15 is 0 Å². The fourth-order valence-corrected chi connectivity index (χ4v) is 1.83. The monoisotopic (exact) mass is 230 g/mol. The zero-order valence-corrected chi connectivity index (χ0v) is 10.8. The van der Waals surface area contributed by atoms with Crippen molar-refractivity contribution in [3.63, 3.8) is 0 Å². The lowest BCUT2D eigenvalue weighted by Gasteiger charge is -2.17. The topological polar surface area (TPSA) is 32.7 Å². The molecule has 1 aliphatic heterocycles. The molecule has 1 heterocycles. The first-order valence-electron chi connectivity index (χ1n) is 5.86. The molecule has 0 N–H and O–H groups in total. The summed E-state index contributed by atoms with van der Waals surface area (Å²) in [6.45, 7) is 8.24. The quantitative estimate of drug-likeness (QED) is 0.729. The lowest BCUT2D eigenvalue weighted by atomic mass is 9.88. The fraction of sp³-hybridized carbons (Fsp3) is 0.429. The van der Waals surface area contributed by atoms with Crippen LogP contribution in [0.15, 0.2) is 29.4 Å². The summed E-state index contributed by atoms with van der Waals surface area (Å²) in [6, 6.07) is 7.82. The smallest absolute Gasteiger partial charge is 0.253 e. The summed E-state index contributed by atoms with van der Waals surface area (Å²) >= 11 is 0. The number of benzene rings is 1. The molecule has 0 unspecified atom stereocenters. The minimum Gasteiger partial charge on any atom is -0.272 e. The third-order valence-corrected chi connectivity index (χ3v) is 2.98. The minimum absolute atomic E-state index is 0.0485. The Morgan fingerprint density at radius 1 is 1.24 bits per heavy atom. The number of para-hydroxylation sites is 1. The van der Waals surface area contributed by atoms with Gasteiger partial charge in [-0.3, -0.25) is 4.79 Å². The molecule has 2 rings (SSSR count). The summed E-state index contributed by atoms with van der Waals surface area (Å²) in [5.41, 5.74) is 2.86. The summed E-state index contributed by atoms with van der Waals surface area (Å²) in [5.74, 6) is 0.0595. The van der Waals surface area contributed by atoms with Crippen molar-refractivity contribution in [3.05, 3.63) is 29.8 Å². The zero-order valence-electron chi connectivity index (χ0n) is 10.8. The predicted molar refractivity (Wildman–Crippen MR) is 70.2 cm³/mol. The molecular formula is C14H18N2O. The number of aryl methyl sites for hydroxylation is 1. The highest BCUT2D eigenvalue weighted by molar-refractivity contribution is 6.14. The van der Waals surface area contributed by atoms with Gasteiger partial charge in [-0.05, 0) is 18.6 Å². The van der Waals surface area contributed by atoms with E-state index in [0.29, 0.717) is 6.42 Å². The van der Waals surface area contributed by atoms with Crippen LogP contribution in [-0.2, 0) is 4.79 Å². The highest BCUT2D eigenvalue weighted by atomic mass is 16.2. The van der Waals surface area contributed by atoms with Crippen molar-refractivity contribution < 1.29 is 4.79 Å². The molecule has 0 fully saturated rings. The standard InChI is InChI=1S/C14H18N2O/c1-10-7-5-6-8-11(10)16-13(17)9-12(15-16)14(2,3)4/h5-8H,9H2,1-4H3. The maximum Gasteiger partial charge on any atom is 0.253 e. The van der Waals surface area contributed by atoms with Gasteiger partial charge in [0.25, 0.3) is 5.91 Å². The van der Waals surface area contributed by atoms with E-state index in [1.54, 1.807) is 0 Å². The Morgan fingerprint density at radius 2 is 1.88 bits per heavy atom. The summed E-state index contributed by atoms with van der Waals surface area (Å²) in [7, 11) is 0. The van der Waals surface area contributed by atoms with Crippen LogP contribution in [0.2, 0.25) is 0 Å². The van der Waals surface area contributed by atoms with Gasteiger partial charge in [0.15, 0.2) is 0 Å². The molecule has 0 aromatic heterocycles. The Bertz CT molecular complexity index is 483. The summed E-state index contributed by atoms with van der Waals surface area (Å²) in [6.07, 6.45) is 0.428. The SMILES string of the molecule is Cc1ccccc1N1N=C(C(C)(C)C)CC1=O. The van der Waals surface area contributed by atoms with Crippen molar-refractivity contribution in [2.75, 3.05) is 5.01 Å². The molecule has 3 heteroatoms. The second-order valence-corrected chi connectivity index (χ2v) is 5.47. The average Bonchev–Trinajstić information content (AvgIpc) is 2.61. The lowest BCUT2D eigenvalue weighted by Crippen LogP contribution is -2.21. The van der Waals surface area contributed by atoms with Crippen LogP contribution in [0.25, 0.3) is 0 Å². The van der Waals surface area contributed by atoms with Gasteiger partial charge in [0.1, 0.15) is 0 Å². The Hall–Kier alpha value is -1.64. The van der Waals surface area contributed by atoms with E-state index in [9.17, 15) is 4.79 Å². The van der Waals surface area contributed by atoms with Gasteiger partial charge in [0.2, 0.25) is 0 Å². The van der Waals surface area contributed by atoms with Gasteiger partial charge >= 0.3 is 0 Å². The first kappa shape index (κ1) is 11.8. The number of anilines is 1. The third-order valence-electron chi connectivity index (χ3n) is 2.98. The van der Waals surface area contributed by atoms with E-state index in [4.69, 9.17) is 0 Å². The molecule has 17 heavy (non-hydrogen) atoms. The van der Waals surface area contributed by atoms with Crippen LogP contribution in [0.5, 0.6) is 0 Å². The van der Waals surface area contributed by atoms with E-state index in [1.165, 1.54) is 5.01 Å². The normalized spacial score (nSPS) is 16.4. The average molecular weight is 230 g/mol. The zero-order chi connectivity index (χ0) is 12.6.